The highest BCUT2D eigenvalue weighted by Gasteiger charge is 2.13. The van der Waals surface area contributed by atoms with Gasteiger partial charge in [0.2, 0.25) is 0 Å². The number of rotatable bonds is 2. The van der Waals surface area contributed by atoms with Gasteiger partial charge in [-0.05, 0) is 41.5 Å². The van der Waals surface area contributed by atoms with E-state index >= 15 is 0 Å². The van der Waals surface area contributed by atoms with Crippen molar-refractivity contribution in [2.45, 2.75) is 4.83 Å². The first kappa shape index (κ1) is 13.4. The Hall–Kier alpha value is -0.0200. The summed E-state index contributed by atoms with van der Waals surface area (Å²) in [5, 5.41) is 1.46. The van der Waals surface area contributed by atoms with Gasteiger partial charge in [0, 0.05) is 14.5 Å². The van der Waals surface area contributed by atoms with E-state index in [0.717, 1.165) is 25.6 Å². The number of halogens is 4. The average Bonchev–Trinajstić information content (AvgIpc) is 2.32. The summed E-state index contributed by atoms with van der Waals surface area (Å²) in [4.78, 5) is 0.0906. The molecule has 2 rings (SSSR count). The number of hydrogen-bond acceptors (Lipinski definition) is 0. The van der Waals surface area contributed by atoms with E-state index in [9.17, 15) is 0 Å². The van der Waals surface area contributed by atoms with Gasteiger partial charge in [0.15, 0.2) is 0 Å². The number of benzene rings is 2. The quantitative estimate of drug-likeness (QED) is 0.529. The molecule has 1 atom stereocenters. The zero-order valence-electron chi connectivity index (χ0n) is 8.63. The zero-order valence-corrected chi connectivity index (χ0v) is 13.3. The predicted molar refractivity (Wildman–Crippen MR) is 81.4 cm³/mol. The second-order valence-corrected chi connectivity index (χ2v) is 6.22. The Morgan fingerprint density at radius 3 is 2.12 bits per heavy atom. The Bertz CT molecular complexity index is 523. The third-order valence-electron chi connectivity index (χ3n) is 2.39. The Labute approximate surface area is 127 Å². The largest absolute Gasteiger partial charge is 0.0843 e. The molecule has 0 aliphatic rings. The summed E-state index contributed by atoms with van der Waals surface area (Å²) in [5.74, 6) is 0. The van der Waals surface area contributed by atoms with E-state index in [1.54, 1.807) is 0 Å². The van der Waals surface area contributed by atoms with Crippen LogP contribution in [0.25, 0.3) is 0 Å². The Kier molecular flexibility index (Phi) is 4.53. The lowest BCUT2D eigenvalue weighted by molar-refractivity contribution is 1.16. The maximum atomic E-state index is 6.01. The first-order valence-corrected chi connectivity index (χ1v) is 7.39. The monoisotopic (exact) mass is 392 g/mol. The van der Waals surface area contributed by atoms with E-state index in [1.807, 2.05) is 42.5 Å². The van der Waals surface area contributed by atoms with Crippen molar-refractivity contribution in [2.75, 3.05) is 0 Å². The molecule has 1 unspecified atom stereocenters. The van der Waals surface area contributed by atoms with E-state index in [1.165, 1.54) is 0 Å². The summed E-state index contributed by atoms with van der Waals surface area (Å²) in [7, 11) is 0. The van der Waals surface area contributed by atoms with Crippen LogP contribution in [-0.2, 0) is 0 Å². The van der Waals surface area contributed by atoms with Crippen molar-refractivity contribution in [3.8, 4) is 0 Å². The Balaban J connectivity index is 2.39. The molecule has 2 aromatic rings. The Morgan fingerprint density at radius 2 is 1.47 bits per heavy atom. The van der Waals surface area contributed by atoms with Crippen molar-refractivity contribution in [3.05, 3.63) is 68.1 Å². The van der Waals surface area contributed by atoms with Crippen LogP contribution in [0, 0.1) is 0 Å². The second kappa shape index (κ2) is 5.75. The molecule has 0 saturated carbocycles. The van der Waals surface area contributed by atoms with Gasteiger partial charge in [-0.1, -0.05) is 67.2 Å². The molecule has 0 spiro atoms. The van der Waals surface area contributed by atoms with Gasteiger partial charge in [-0.3, -0.25) is 0 Å². The minimum absolute atomic E-state index is 0.0906. The van der Waals surface area contributed by atoms with Gasteiger partial charge in [-0.15, -0.1) is 0 Å². The van der Waals surface area contributed by atoms with Crippen molar-refractivity contribution in [1.29, 1.82) is 0 Å². The van der Waals surface area contributed by atoms with Crippen LogP contribution in [0.3, 0.4) is 0 Å². The minimum atomic E-state index is 0.0906. The topological polar surface area (TPSA) is 0 Å². The fourth-order valence-corrected chi connectivity index (χ4v) is 3.29. The molecule has 0 fully saturated rings. The summed E-state index contributed by atoms with van der Waals surface area (Å²) < 4.78 is 1.03. The smallest absolute Gasteiger partial charge is 0.0656 e. The van der Waals surface area contributed by atoms with Crippen LogP contribution in [0.4, 0.5) is 0 Å². The maximum Gasteiger partial charge on any atom is 0.0656 e. The van der Waals surface area contributed by atoms with Crippen LogP contribution in [0.5, 0.6) is 0 Å². The van der Waals surface area contributed by atoms with Crippen molar-refractivity contribution >= 4 is 55.1 Å². The van der Waals surface area contributed by atoms with E-state index < -0.39 is 0 Å². The van der Waals surface area contributed by atoms with Gasteiger partial charge < -0.3 is 0 Å². The molecule has 0 heterocycles. The standard InChI is InChI=1S/C13H8Br2Cl2/c14-12-6-5-10(17)7-11(12)13(15)8-1-3-9(16)4-2-8/h1-7,13H. The second-order valence-electron chi connectivity index (χ2n) is 3.58. The summed E-state index contributed by atoms with van der Waals surface area (Å²) in [6.07, 6.45) is 0. The lowest BCUT2D eigenvalue weighted by atomic mass is 10.1. The van der Waals surface area contributed by atoms with E-state index in [0.29, 0.717) is 0 Å². The lowest BCUT2D eigenvalue weighted by Gasteiger charge is -2.13. The van der Waals surface area contributed by atoms with Gasteiger partial charge in [-0.25, -0.2) is 0 Å². The molecule has 4 heteroatoms. The van der Waals surface area contributed by atoms with Crippen LogP contribution >= 0.6 is 55.1 Å². The van der Waals surface area contributed by atoms with Gasteiger partial charge in [0.25, 0.3) is 0 Å². The molecule has 0 saturated heterocycles. The molecular formula is C13H8Br2Cl2. The predicted octanol–water partition coefficient (Wildman–Crippen LogP) is 6.24. The molecule has 0 nitrogen and oxygen atoms in total. The molecule has 88 valence electrons. The minimum Gasteiger partial charge on any atom is -0.0843 e. The van der Waals surface area contributed by atoms with Crippen molar-refractivity contribution < 1.29 is 0 Å². The van der Waals surface area contributed by atoms with Crippen molar-refractivity contribution in [1.82, 2.24) is 0 Å². The fraction of sp³-hybridized carbons (Fsp3) is 0.0769. The highest BCUT2D eigenvalue weighted by Crippen LogP contribution is 2.36. The average molecular weight is 395 g/mol. The van der Waals surface area contributed by atoms with Gasteiger partial charge in [0.1, 0.15) is 0 Å². The molecule has 0 N–H and O–H groups in total. The summed E-state index contributed by atoms with van der Waals surface area (Å²) >= 11 is 19.1. The van der Waals surface area contributed by atoms with Crippen LogP contribution in [-0.4, -0.2) is 0 Å². The van der Waals surface area contributed by atoms with E-state index in [2.05, 4.69) is 31.9 Å². The molecular weight excluding hydrogens is 387 g/mol. The normalized spacial score (nSPS) is 12.5. The molecule has 2 aromatic carbocycles. The molecule has 17 heavy (non-hydrogen) atoms. The van der Waals surface area contributed by atoms with Crippen LogP contribution < -0.4 is 0 Å². The highest BCUT2D eigenvalue weighted by atomic mass is 79.9. The molecule has 0 radical (unpaired) electrons. The van der Waals surface area contributed by atoms with Crippen LogP contribution in [0.15, 0.2) is 46.9 Å². The lowest BCUT2D eigenvalue weighted by Crippen LogP contribution is -1.93. The van der Waals surface area contributed by atoms with Crippen molar-refractivity contribution in [3.63, 3.8) is 0 Å². The van der Waals surface area contributed by atoms with Gasteiger partial charge >= 0.3 is 0 Å². The SMILES string of the molecule is Clc1ccc(C(Br)c2cc(Cl)ccc2Br)cc1. The summed E-state index contributed by atoms with van der Waals surface area (Å²) in [6, 6.07) is 13.5. The molecule has 0 bridgehead atoms. The molecule has 0 amide bonds. The number of hydrogen-bond donors (Lipinski definition) is 0. The maximum absolute atomic E-state index is 6.01. The fourth-order valence-electron chi connectivity index (χ4n) is 1.52. The van der Waals surface area contributed by atoms with Crippen LogP contribution in [0.1, 0.15) is 16.0 Å². The van der Waals surface area contributed by atoms with E-state index in [-0.39, 0.29) is 4.83 Å². The molecule has 0 aromatic heterocycles. The first-order chi connectivity index (χ1) is 8.08. The third kappa shape index (κ3) is 3.25. The van der Waals surface area contributed by atoms with Crippen molar-refractivity contribution in [2.24, 2.45) is 0 Å². The molecule has 0 aliphatic heterocycles. The third-order valence-corrected chi connectivity index (χ3v) is 4.62. The number of alkyl halides is 1. The van der Waals surface area contributed by atoms with Gasteiger partial charge in [0.05, 0.1) is 4.83 Å². The molecule has 0 aliphatic carbocycles. The van der Waals surface area contributed by atoms with Gasteiger partial charge in [-0.2, -0.15) is 0 Å². The Morgan fingerprint density at radius 1 is 0.882 bits per heavy atom. The zero-order chi connectivity index (χ0) is 12.4. The summed E-state index contributed by atoms with van der Waals surface area (Å²) in [6.45, 7) is 0. The van der Waals surface area contributed by atoms with Crippen LogP contribution in [0.2, 0.25) is 10.0 Å². The highest BCUT2D eigenvalue weighted by molar-refractivity contribution is 9.11. The first-order valence-electron chi connectivity index (χ1n) is 4.92. The summed E-state index contributed by atoms with van der Waals surface area (Å²) in [5.41, 5.74) is 2.23. The van der Waals surface area contributed by atoms with E-state index in [4.69, 9.17) is 23.2 Å².